The van der Waals surface area contributed by atoms with Crippen molar-refractivity contribution >= 4 is 17.4 Å². The molecule has 162 valence electrons. The molecule has 1 saturated heterocycles. The van der Waals surface area contributed by atoms with Gasteiger partial charge in [-0.1, -0.05) is 35.9 Å². The summed E-state index contributed by atoms with van der Waals surface area (Å²) in [6, 6.07) is 17.5. The van der Waals surface area contributed by atoms with Crippen LogP contribution in [-0.2, 0) is 16.1 Å². The fraction of sp³-hybridized carbons (Fsp3) is 0.192. The Morgan fingerprint density at radius 1 is 1.06 bits per heavy atom. The summed E-state index contributed by atoms with van der Waals surface area (Å²) >= 11 is 0. The van der Waals surface area contributed by atoms with Crippen LogP contribution in [0, 0.1) is 13.8 Å². The molecule has 2 heterocycles. The molecule has 6 nitrogen and oxygen atoms in total. The summed E-state index contributed by atoms with van der Waals surface area (Å²) in [6.07, 6.45) is 1.64. The molecule has 0 radical (unpaired) electrons. The molecule has 0 aliphatic carbocycles. The number of aromatic nitrogens is 1. The Labute approximate surface area is 186 Å². The van der Waals surface area contributed by atoms with Gasteiger partial charge in [0.1, 0.15) is 11.5 Å². The lowest BCUT2D eigenvalue weighted by molar-refractivity contribution is -0.140. The molecule has 1 N–H and O–H groups in total. The molecule has 6 heteroatoms. The molecule has 1 fully saturated rings. The molecular formula is C26H24N2O4. The first-order chi connectivity index (χ1) is 15.4. The number of amides is 1. The van der Waals surface area contributed by atoms with Crippen LogP contribution in [0.3, 0.4) is 0 Å². The first-order valence-electron chi connectivity index (χ1n) is 10.3. The van der Waals surface area contributed by atoms with Crippen molar-refractivity contribution in [1.29, 1.82) is 0 Å². The number of benzene rings is 2. The molecule has 1 aromatic heterocycles. The molecule has 0 bridgehead atoms. The Hall–Kier alpha value is -3.93. The van der Waals surface area contributed by atoms with E-state index >= 15 is 0 Å². The lowest BCUT2D eigenvalue weighted by Crippen LogP contribution is -2.29. The Kier molecular flexibility index (Phi) is 5.77. The number of carbonyl (C=O) groups excluding carboxylic acids is 2. The van der Waals surface area contributed by atoms with Crippen LogP contribution in [-0.4, -0.2) is 33.8 Å². The van der Waals surface area contributed by atoms with E-state index in [0.717, 1.165) is 11.1 Å². The number of likely N-dealkylation sites (tertiary alicyclic amines) is 1. The van der Waals surface area contributed by atoms with Crippen LogP contribution in [0.5, 0.6) is 5.75 Å². The molecule has 1 aliphatic rings. The zero-order chi connectivity index (χ0) is 22.8. The number of nitrogens with zero attached hydrogens (tertiary/aromatic N) is 2. The van der Waals surface area contributed by atoms with Crippen molar-refractivity contribution in [3.8, 4) is 5.75 Å². The Morgan fingerprint density at radius 3 is 2.59 bits per heavy atom. The van der Waals surface area contributed by atoms with Gasteiger partial charge in [0, 0.05) is 11.8 Å². The maximum Gasteiger partial charge on any atom is 0.296 e. The smallest absolute Gasteiger partial charge is 0.296 e. The highest BCUT2D eigenvalue weighted by molar-refractivity contribution is 6.46. The molecule has 1 atom stereocenters. The third kappa shape index (κ3) is 3.87. The monoisotopic (exact) mass is 428 g/mol. The van der Waals surface area contributed by atoms with Crippen molar-refractivity contribution in [2.45, 2.75) is 26.4 Å². The van der Waals surface area contributed by atoms with Gasteiger partial charge in [-0.2, -0.15) is 0 Å². The summed E-state index contributed by atoms with van der Waals surface area (Å²) in [5, 5.41) is 11.3. The summed E-state index contributed by atoms with van der Waals surface area (Å²) in [7, 11) is 1.56. The number of hydrogen-bond donors (Lipinski definition) is 1. The van der Waals surface area contributed by atoms with E-state index in [4.69, 9.17) is 4.74 Å². The minimum atomic E-state index is -0.771. The topological polar surface area (TPSA) is 79.7 Å². The minimum Gasteiger partial charge on any atom is -0.507 e. The average Bonchev–Trinajstić information content (AvgIpc) is 3.06. The second kappa shape index (κ2) is 8.67. The largest absolute Gasteiger partial charge is 0.507 e. The SMILES string of the molecule is COc1cccc(C2/C(=C(\O)c3cc(C)ccc3C)C(=O)C(=O)N2Cc2ccccn2)c1. The van der Waals surface area contributed by atoms with Crippen LogP contribution in [0.25, 0.3) is 5.76 Å². The van der Waals surface area contributed by atoms with Crippen molar-refractivity contribution < 1.29 is 19.4 Å². The predicted molar refractivity (Wildman–Crippen MR) is 121 cm³/mol. The van der Waals surface area contributed by atoms with E-state index < -0.39 is 17.7 Å². The van der Waals surface area contributed by atoms with Crippen molar-refractivity contribution in [2.75, 3.05) is 7.11 Å². The number of aryl methyl sites for hydroxylation is 2. The number of ketones is 1. The molecule has 0 spiro atoms. The Morgan fingerprint density at radius 2 is 1.88 bits per heavy atom. The number of Topliss-reactive ketones (excluding diaryl/α,β-unsaturated/α-hetero) is 1. The molecule has 1 unspecified atom stereocenters. The van der Waals surface area contributed by atoms with Crippen LogP contribution in [0.2, 0.25) is 0 Å². The van der Waals surface area contributed by atoms with E-state index in [1.54, 1.807) is 43.6 Å². The molecule has 3 aromatic rings. The molecule has 0 saturated carbocycles. The maximum absolute atomic E-state index is 13.2. The van der Waals surface area contributed by atoms with Crippen LogP contribution < -0.4 is 4.74 Å². The van der Waals surface area contributed by atoms with Gasteiger partial charge in [-0.3, -0.25) is 14.6 Å². The van der Waals surface area contributed by atoms with Gasteiger partial charge in [-0.25, -0.2) is 0 Å². The number of aliphatic hydroxyl groups is 1. The molecule has 1 aliphatic heterocycles. The van der Waals surface area contributed by atoms with E-state index in [2.05, 4.69) is 4.98 Å². The molecular weight excluding hydrogens is 404 g/mol. The van der Waals surface area contributed by atoms with Crippen molar-refractivity contribution in [3.63, 3.8) is 0 Å². The quantitative estimate of drug-likeness (QED) is 0.372. The number of rotatable bonds is 5. The standard InChI is InChI=1S/C26H24N2O4/c1-16-10-11-17(2)21(13-16)24(29)22-23(18-7-6-9-20(14-18)32-3)28(26(31)25(22)30)15-19-8-4-5-12-27-19/h4-14,23,29H,15H2,1-3H3/b24-22+. The maximum atomic E-state index is 13.2. The second-order valence-electron chi connectivity index (χ2n) is 7.84. The average molecular weight is 428 g/mol. The van der Waals surface area contributed by atoms with E-state index in [9.17, 15) is 14.7 Å². The van der Waals surface area contributed by atoms with Gasteiger partial charge >= 0.3 is 0 Å². The van der Waals surface area contributed by atoms with Crippen LogP contribution in [0.15, 0.2) is 72.4 Å². The van der Waals surface area contributed by atoms with Crippen molar-refractivity contribution in [2.24, 2.45) is 0 Å². The first kappa shape index (κ1) is 21.3. The summed E-state index contributed by atoms with van der Waals surface area (Å²) < 4.78 is 5.36. The fourth-order valence-electron chi connectivity index (χ4n) is 4.00. The second-order valence-corrected chi connectivity index (χ2v) is 7.84. The normalized spacial score (nSPS) is 17.6. The van der Waals surface area contributed by atoms with Gasteiger partial charge in [0.15, 0.2) is 0 Å². The highest BCUT2D eigenvalue weighted by Crippen LogP contribution is 2.41. The zero-order valence-corrected chi connectivity index (χ0v) is 18.2. The predicted octanol–water partition coefficient (Wildman–Crippen LogP) is 4.33. The summed E-state index contributed by atoms with van der Waals surface area (Å²) in [5.74, 6) is -0.971. The lowest BCUT2D eigenvalue weighted by atomic mass is 9.93. The van der Waals surface area contributed by atoms with E-state index in [0.29, 0.717) is 22.6 Å². The third-order valence-corrected chi connectivity index (χ3v) is 5.66. The van der Waals surface area contributed by atoms with Crippen molar-refractivity contribution in [3.05, 3.63) is 100 Å². The number of hydrogen-bond acceptors (Lipinski definition) is 5. The number of methoxy groups -OCH3 is 1. The highest BCUT2D eigenvalue weighted by Gasteiger charge is 2.46. The van der Waals surface area contributed by atoms with Crippen LogP contribution in [0.4, 0.5) is 0 Å². The first-order valence-corrected chi connectivity index (χ1v) is 10.3. The van der Waals surface area contributed by atoms with Gasteiger partial charge in [0.05, 0.1) is 31.0 Å². The van der Waals surface area contributed by atoms with Gasteiger partial charge in [0.25, 0.3) is 11.7 Å². The number of carbonyl (C=O) groups is 2. The number of aliphatic hydroxyl groups excluding tert-OH is 1. The molecule has 4 rings (SSSR count). The van der Waals surface area contributed by atoms with E-state index in [1.807, 2.05) is 44.2 Å². The third-order valence-electron chi connectivity index (χ3n) is 5.66. The van der Waals surface area contributed by atoms with Crippen molar-refractivity contribution in [1.82, 2.24) is 9.88 Å². The lowest BCUT2D eigenvalue weighted by Gasteiger charge is -2.25. The van der Waals surface area contributed by atoms with Gasteiger partial charge in [-0.05, 0) is 55.3 Å². The Bertz CT molecular complexity index is 1220. The fourth-order valence-corrected chi connectivity index (χ4v) is 4.00. The molecule has 2 aromatic carbocycles. The Balaban J connectivity index is 1.91. The molecule has 1 amide bonds. The van der Waals surface area contributed by atoms with Gasteiger partial charge < -0.3 is 14.7 Å². The number of pyridine rings is 1. The van der Waals surface area contributed by atoms with E-state index in [-0.39, 0.29) is 17.9 Å². The summed E-state index contributed by atoms with van der Waals surface area (Å²) in [5.41, 5.74) is 3.67. The van der Waals surface area contributed by atoms with Gasteiger partial charge in [-0.15, -0.1) is 0 Å². The van der Waals surface area contributed by atoms with Crippen LogP contribution in [0.1, 0.15) is 34.0 Å². The summed E-state index contributed by atoms with van der Waals surface area (Å²) in [4.78, 5) is 32.1. The summed E-state index contributed by atoms with van der Waals surface area (Å²) in [6.45, 7) is 3.91. The van der Waals surface area contributed by atoms with E-state index in [1.165, 1.54) is 4.90 Å². The minimum absolute atomic E-state index is 0.0629. The van der Waals surface area contributed by atoms with Gasteiger partial charge in [0.2, 0.25) is 0 Å². The van der Waals surface area contributed by atoms with Crippen LogP contribution >= 0.6 is 0 Å². The molecule has 32 heavy (non-hydrogen) atoms. The zero-order valence-electron chi connectivity index (χ0n) is 18.2. The highest BCUT2D eigenvalue weighted by atomic mass is 16.5. The number of ether oxygens (including phenoxy) is 1.